The van der Waals surface area contributed by atoms with E-state index >= 15 is 0 Å². The zero-order valence-electron chi connectivity index (χ0n) is 19.9. The van der Waals surface area contributed by atoms with E-state index in [0.717, 1.165) is 39.0 Å². The van der Waals surface area contributed by atoms with Crippen molar-refractivity contribution in [3.63, 3.8) is 0 Å². The molecule has 5 heteroatoms. The van der Waals surface area contributed by atoms with Gasteiger partial charge in [-0.1, -0.05) is 74.2 Å². The third-order valence-electron chi connectivity index (χ3n) is 6.02. The number of hydrogen-bond donors (Lipinski definition) is 0. The lowest BCUT2D eigenvalue weighted by molar-refractivity contribution is -0.148. The number of rotatable bonds is 11. The molecule has 0 aromatic heterocycles. The lowest BCUT2D eigenvalue weighted by Gasteiger charge is -2.36. The van der Waals surface area contributed by atoms with Crippen molar-refractivity contribution in [2.75, 3.05) is 37.8 Å². The van der Waals surface area contributed by atoms with E-state index in [9.17, 15) is 4.79 Å². The molecular formula is C27H38N2O2S. The molecule has 0 N–H and O–H groups in total. The quantitative estimate of drug-likeness (QED) is 0.288. The van der Waals surface area contributed by atoms with Crippen LogP contribution in [0.4, 0.5) is 5.69 Å². The number of ether oxygens (including phenoxy) is 1. The second-order valence-electron chi connectivity index (χ2n) is 8.75. The van der Waals surface area contributed by atoms with E-state index in [1.807, 2.05) is 11.8 Å². The van der Waals surface area contributed by atoms with Crippen molar-refractivity contribution in [1.29, 1.82) is 0 Å². The lowest BCUT2D eigenvalue weighted by atomic mass is 10.1. The summed E-state index contributed by atoms with van der Waals surface area (Å²) in [6.45, 7) is 10.6. The monoisotopic (exact) mass is 454 g/mol. The fraction of sp³-hybridized carbons (Fsp3) is 0.519. The first-order valence-corrected chi connectivity index (χ1v) is 12.9. The van der Waals surface area contributed by atoms with Crippen LogP contribution in [0.1, 0.15) is 56.6 Å². The van der Waals surface area contributed by atoms with Gasteiger partial charge in [0.05, 0.1) is 5.69 Å². The van der Waals surface area contributed by atoms with Crippen LogP contribution in [0.25, 0.3) is 0 Å². The van der Waals surface area contributed by atoms with Crippen molar-refractivity contribution in [3.05, 3.63) is 53.6 Å². The number of unbranched alkanes of at least 4 members (excludes halogenated alkanes) is 4. The molecule has 2 aromatic rings. The Morgan fingerprint density at radius 1 is 0.938 bits per heavy atom. The highest BCUT2D eigenvalue weighted by molar-refractivity contribution is 7.99. The van der Waals surface area contributed by atoms with Crippen LogP contribution in [0.2, 0.25) is 0 Å². The molecule has 0 unspecified atom stereocenters. The average molecular weight is 455 g/mol. The van der Waals surface area contributed by atoms with E-state index in [1.165, 1.54) is 45.9 Å². The summed E-state index contributed by atoms with van der Waals surface area (Å²) >= 11 is 1.85. The maximum Gasteiger partial charge on any atom is 0.307 e. The summed E-state index contributed by atoms with van der Waals surface area (Å²) in [6, 6.07) is 15.3. The standard InChI is InChI=1S/C27H38N2O2S/c1-4-5-6-7-8-13-27(30)31-21-28-16-18-29(19-17-28)24-11-9-10-12-26(24)32-25-15-14-22(2)20-23(25)3/h9-12,14-15,20H,4-8,13,16-19,21H2,1-3H3. The van der Waals surface area contributed by atoms with E-state index in [4.69, 9.17) is 4.74 Å². The van der Waals surface area contributed by atoms with Gasteiger partial charge in [0.25, 0.3) is 0 Å². The molecule has 1 aliphatic heterocycles. The third kappa shape index (κ3) is 7.56. The number of carbonyl (C=O) groups is 1. The molecule has 0 aliphatic carbocycles. The Morgan fingerprint density at radius 2 is 1.69 bits per heavy atom. The maximum absolute atomic E-state index is 12.0. The SMILES string of the molecule is CCCCCCCC(=O)OCN1CCN(c2ccccc2Sc2ccc(C)cc2C)CC1. The second-order valence-corrected chi connectivity index (χ2v) is 9.84. The van der Waals surface area contributed by atoms with Crippen LogP contribution in [-0.4, -0.2) is 43.8 Å². The van der Waals surface area contributed by atoms with Crippen molar-refractivity contribution in [2.45, 2.75) is 69.1 Å². The van der Waals surface area contributed by atoms with E-state index < -0.39 is 0 Å². The fourth-order valence-corrected chi connectivity index (χ4v) is 5.10. The molecule has 1 saturated heterocycles. The molecule has 0 saturated carbocycles. The van der Waals surface area contributed by atoms with Crippen LogP contribution < -0.4 is 4.90 Å². The Balaban J connectivity index is 1.47. The number of hydrogen-bond acceptors (Lipinski definition) is 5. The van der Waals surface area contributed by atoms with Gasteiger partial charge >= 0.3 is 5.97 Å². The Morgan fingerprint density at radius 3 is 2.44 bits per heavy atom. The first-order valence-electron chi connectivity index (χ1n) is 12.0. The predicted octanol–water partition coefficient (Wildman–Crippen LogP) is 6.44. The van der Waals surface area contributed by atoms with Crippen molar-refractivity contribution >= 4 is 23.4 Å². The first-order chi connectivity index (χ1) is 15.6. The Labute approximate surface area is 198 Å². The minimum atomic E-state index is -0.0564. The molecule has 3 rings (SSSR count). The van der Waals surface area contributed by atoms with E-state index in [0.29, 0.717) is 13.2 Å². The maximum atomic E-state index is 12.0. The summed E-state index contributed by atoms with van der Waals surface area (Å²) in [7, 11) is 0. The molecule has 0 atom stereocenters. The summed E-state index contributed by atoms with van der Waals surface area (Å²) in [4.78, 5) is 19.3. The van der Waals surface area contributed by atoms with E-state index in [1.54, 1.807) is 0 Å². The third-order valence-corrected chi connectivity index (χ3v) is 7.26. The van der Waals surface area contributed by atoms with Gasteiger partial charge in [0.15, 0.2) is 0 Å². The minimum Gasteiger partial charge on any atom is -0.449 e. The molecule has 0 spiro atoms. The topological polar surface area (TPSA) is 32.8 Å². The molecule has 2 aromatic carbocycles. The molecule has 1 heterocycles. The van der Waals surface area contributed by atoms with Gasteiger partial charge < -0.3 is 9.64 Å². The van der Waals surface area contributed by atoms with Crippen LogP contribution in [0.3, 0.4) is 0 Å². The number of aryl methyl sites for hydroxylation is 2. The van der Waals surface area contributed by atoms with Gasteiger partial charge in [-0.3, -0.25) is 9.69 Å². The number of nitrogens with zero attached hydrogens (tertiary/aromatic N) is 2. The molecule has 0 radical (unpaired) electrons. The highest BCUT2D eigenvalue weighted by Crippen LogP contribution is 2.37. The zero-order chi connectivity index (χ0) is 22.8. The van der Waals surface area contributed by atoms with Crippen molar-refractivity contribution in [1.82, 2.24) is 4.90 Å². The fourth-order valence-electron chi connectivity index (χ4n) is 4.06. The second kappa shape index (κ2) is 12.9. The molecular weight excluding hydrogens is 416 g/mol. The van der Waals surface area contributed by atoms with Crippen LogP contribution in [0.15, 0.2) is 52.3 Å². The highest BCUT2D eigenvalue weighted by atomic mass is 32.2. The van der Waals surface area contributed by atoms with Gasteiger partial charge in [-0.15, -0.1) is 0 Å². The van der Waals surface area contributed by atoms with Crippen molar-refractivity contribution < 1.29 is 9.53 Å². The number of benzene rings is 2. The lowest BCUT2D eigenvalue weighted by Crippen LogP contribution is -2.47. The number of esters is 1. The largest absolute Gasteiger partial charge is 0.449 e. The van der Waals surface area contributed by atoms with Gasteiger partial charge in [0.1, 0.15) is 6.73 Å². The van der Waals surface area contributed by atoms with Gasteiger partial charge in [-0.25, -0.2) is 0 Å². The molecule has 0 bridgehead atoms. The summed E-state index contributed by atoms with van der Waals surface area (Å²) < 4.78 is 5.52. The van der Waals surface area contributed by atoms with Crippen LogP contribution in [0, 0.1) is 13.8 Å². The smallest absolute Gasteiger partial charge is 0.307 e. The number of para-hydroxylation sites is 1. The van der Waals surface area contributed by atoms with E-state index in [2.05, 4.69) is 73.0 Å². The molecule has 0 amide bonds. The molecule has 1 fully saturated rings. The molecule has 4 nitrogen and oxygen atoms in total. The van der Waals surface area contributed by atoms with Gasteiger partial charge in [0.2, 0.25) is 0 Å². The number of anilines is 1. The summed E-state index contributed by atoms with van der Waals surface area (Å²) in [5.74, 6) is -0.0564. The number of piperazine rings is 1. The molecule has 32 heavy (non-hydrogen) atoms. The van der Waals surface area contributed by atoms with Gasteiger partial charge in [-0.2, -0.15) is 0 Å². The normalized spacial score (nSPS) is 14.5. The van der Waals surface area contributed by atoms with E-state index in [-0.39, 0.29) is 5.97 Å². The van der Waals surface area contributed by atoms with Crippen molar-refractivity contribution in [2.24, 2.45) is 0 Å². The molecule has 174 valence electrons. The summed E-state index contributed by atoms with van der Waals surface area (Å²) in [5.41, 5.74) is 3.91. The van der Waals surface area contributed by atoms with Crippen LogP contribution in [-0.2, 0) is 9.53 Å². The highest BCUT2D eigenvalue weighted by Gasteiger charge is 2.20. The van der Waals surface area contributed by atoms with Crippen molar-refractivity contribution in [3.8, 4) is 0 Å². The summed E-state index contributed by atoms with van der Waals surface area (Å²) in [6.07, 6.45) is 6.32. The number of carbonyl (C=O) groups excluding carboxylic acids is 1. The van der Waals surface area contributed by atoms with Gasteiger partial charge in [-0.05, 0) is 44.0 Å². The molecule has 1 aliphatic rings. The Kier molecular flexibility index (Phi) is 9.94. The Hall–Kier alpha value is -1.98. The predicted molar refractivity (Wildman–Crippen MR) is 135 cm³/mol. The average Bonchev–Trinajstić information content (AvgIpc) is 2.80. The zero-order valence-corrected chi connectivity index (χ0v) is 20.8. The van der Waals surface area contributed by atoms with Gasteiger partial charge in [0, 0.05) is 42.4 Å². The summed E-state index contributed by atoms with van der Waals surface area (Å²) in [5, 5.41) is 0. The van der Waals surface area contributed by atoms with Crippen LogP contribution >= 0.6 is 11.8 Å². The Bertz CT molecular complexity index is 862. The first kappa shape index (κ1) is 24.7. The van der Waals surface area contributed by atoms with Crippen LogP contribution in [0.5, 0.6) is 0 Å². The minimum absolute atomic E-state index is 0.0564.